The first-order valence-corrected chi connectivity index (χ1v) is 10.6. The first-order valence-electron chi connectivity index (χ1n) is 8.34. The maximum Gasteiger partial charge on any atom is 0.425 e. The highest BCUT2D eigenvalue weighted by atomic mass is 35.6. The SMILES string of the molecule is CC1CCC(=O)N1c1ccnc(N(C(=O)OCC(Cl)(Cl)Cl)C(=O)OCC(Cl)(Cl)Cl)c1. The second-order valence-electron chi connectivity index (χ2n) is 6.20. The Morgan fingerprint density at radius 1 is 1.13 bits per heavy atom. The highest BCUT2D eigenvalue weighted by molar-refractivity contribution is 6.68. The summed E-state index contributed by atoms with van der Waals surface area (Å²) in [7, 11) is 0. The standard InChI is InChI=1S/C16H15Cl6N3O5/c1-9-2-3-12(26)24(9)10-4-5-23-11(6-10)25(13(27)29-7-15(17,18)19)14(28)30-8-16(20,21)22/h4-6,9H,2-3,7-8H2,1H3. The Hall–Kier alpha value is -0.900. The zero-order chi connectivity index (χ0) is 22.7. The second-order valence-corrected chi connectivity index (χ2v) is 11.2. The van der Waals surface area contributed by atoms with E-state index in [0.717, 1.165) is 0 Å². The minimum Gasteiger partial charge on any atom is -0.444 e. The quantitative estimate of drug-likeness (QED) is 0.473. The van der Waals surface area contributed by atoms with Gasteiger partial charge in [0.05, 0.1) is 0 Å². The van der Waals surface area contributed by atoms with Crippen molar-refractivity contribution < 1.29 is 23.9 Å². The van der Waals surface area contributed by atoms with Crippen molar-refractivity contribution in [2.45, 2.75) is 33.4 Å². The third-order valence-electron chi connectivity index (χ3n) is 3.81. The lowest BCUT2D eigenvalue weighted by molar-refractivity contribution is -0.117. The number of anilines is 2. The topological polar surface area (TPSA) is 89.0 Å². The van der Waals surface area contributed by atoms with E-state index in [9.17, 15) is 14.4 Å². The predicted molar refractivity (Wildman–Crippen MR) is 116 cm³/mol. The molecule has 1 atom stereocenters. The van der Waals surface area contributed by atoms with Crippen molar-refractivity contribution in [2.24, 2.45) is 0 Å². The first kappa shape index (κ1) is 25.4. The largest absolute Gasteiger partial charge is 0.444 e. The van der Waals surface area contributed by atoms with Gasteiger partial charge in [0, 0.05) is 30.4 Å². The maximum atomic E-state index is 12.5. The summed E-state index contributed by atoms with van der Waals surface area (Å²) in [4.78, 5) is 43.2. The number of hydrogen-bond acceptors (Lipinski definition) is 6. The van der Waals surface area contributed by atoms with Gasteiger partial charge in [0.15, 0.2) is 5.82 Å². The number of imide groups is 1. The zero-order valence-corrected chi connectivity index (χ0v) is 19.8. The molecule has 1 aliphatic heterocycles. The fourth-order valence-corrected chi connectivity index (χ4v) is 2.91. The molecule has 1 aliphatic rings. The van der Waals surface area contributed by atoms with Gasteiger partial charge in [-0.25, -0.2) is 14.6 Å². The van der Waals surface area contributed by atoms with Gasteiger partial charge < -0.3 is 14.4 Å². The Bertz CT molecular complexity index is 783. The van der Waals surface area contributed by atoms with Gasteiger partial charge in [0.25, 0.3) is 0 Å². The van der Waals surface area contributed by atoms with E-state index in [1.165, 1.54) is 17.2 Å². The lowest BCUT2D eigenvalue weighted by Crippen LogP contribution is -2.41. The first-order chi connectivity index (χ1) is 13.8. The highest BCUT2D eigenvalue weighted by Crippen LogP contribution is 2.31. The van der Waals surface area contributed by atoms with Crippen LogP contribution in [0.15, 0.2) is 18.3 Å². The molecular formula is C16H15Cl6N3O5. The number of carbonyl (C=O) groups is 3. The average Bonchev–Trinajstić information content (AvgIpc) is 2.96. The molecule has 0 radical (unpaired) electrons. The van der Waals surface area contributed by atoms with Crippen molar-refractivity contribution in [1.82, 2.24) is 4.98 Å². The minimum absolute atomic E-state index is 0.0752. The number of ether oxygens (including phenoxy) is 2. The Balaban J connectivity index is 2.33. The Morgan fingerprint density at radius 2 is 1.67 bits per heavy atom. The predicted octanol–water partition coefficient (Wildman–Crippen LogP) is 5.42. The monoisotopic (exact) mass is 539 g/mol. The van der Waals surface area contributed by atoms with Crippen molar-refractivity contribution >= 4 is 99.2 Å². The number of carbonyl (C=O) groups excluding carboxylic acids is 3. The molecule has 14 heteroatoms. The Labute approximate surface area is 202 Å². The molecule has 0 aliphatic carbocycles. The van der Waals surface area contributed by atoms with Gasteiger partial charge in [0.1, 0.15) is 13.2 Å². The number of amides is 3. The molecule has 0 spiro atoms. The summed E-state index contributed by atoms with van der Waals surface area (Å²) in [5.74, 6) is -0.313. The molecular weight excluding hydrogens is 527 g/mol. The molecule has 0 bridgehead atoms. The molecule has 1 fully saturated rings. The van der Waals surface area contributed by atoms with Crippen LogP contribution in [0.5, 0.6) is 0 Å². The molecule has 1 aromatic rings. The van der Waals surface area contributed by atoms with E-state index < -0.39 is 33.0 Å². The zero-order valence-electron chi connectivity index (χ0n) is 15.3. The van der Waals surface area contributed by atoms with Crippen molar-refractivity contribution in [3.63, 3.8) is 0 Å². The molecule has 30 heavy (non-hydrogen) atoms. The molecule has 2 heterocycles. The van der Waals surface area contributed by atoms with E-state index in [2.05, 4.69) is 4.98 Å². The van der Waals surface area contributed by atoms with Crippen LogP contribution in [-0.4, -0.2) is 49.9 Å². The Kier molecular flexibility index (Phi) is 8.58. The molecule has 0 N–H and O–H groups in total. The number of halogens is 6. The van der Waals surface area contributed by atoms with E-state index in [1.807, 2.05) is 6.92 Å². The molecule has 1 saturated heterocycles. The molecule has 2 rings (SSSR count). The summed E-state index contributed by atoms with van der Waals surface area (Å²) in [5.41, 5.74) is 0.420. The van der Waals surface area contributed by atoms with E-state index in [-0.39, 0.29) is 17.8 Å². The van der Waals surface area contributed by atoms with Crippen molar-refractivity contribution in [3.8, 4) is 0 Å². The summed E-state index contributed by atoms with van der Waals surface area (Å²) < 4.78 is 5.87. The molecule has 1 aromatic heterocycles. The van der Waals surface area contributed by atoms with Crippen molar-refractivity contribution in [2.75, 3.05) is 23.0 Å². The van der Waals surface area contributed by atoms with Crippen LogP contribution in [0.3, 0.4) is 0 Å². The highest BCUT2D eigenvalue weighted by Gasteiger charge is 2.34. The van der Waals surface area contributed by atoms with Gasteiger partial charge in [0.2, 0.25) is 13.5 Å². The summed E-state index contributed by atoms with van der Waals surface area (Å²) >= 11 is 33.5. The number of rotatable bonds is 4. The molecule has 3 amide bonds. The number of pyridine rings is 1. The van der Waals surface area contributed by atoms with Gasteiger partial charge in [-0.1, -0.05) is 69.6 Å². The normalized spacial score (nSPS) is 17.1. The third kappa shape index (κ3) is 7.35. The van der Waals surface area contributed by atoms with Crippen molar-refractivity contribution in [3.05, 3.63) is 18.3 Å². The van der Waals surface area contributed by atoms with Crippen molar-refractivity contribution in [1.29, 1.82) is 0 Å². The number of nitrogens with zero attached hydrogens (tertiary/aromatic N) is 3. The molecule has 166 valence electrons. The van der Waals surface area contributed by atoms with Crippen LogP contribution in [0.1, 0.15) is 19.8 Å². The van der Waals surface area contributed by atoms with Crippen LogP contribution in [0, 0.1) is 0 Å². The maximum absolute atomic E-state index is 12.5. The lowest BCUT2D eigenvalue weighted by atomic mass is 10.2. The molecule has 0 aromatic carbocycles. The third-order valence-corrected chi connectivity index (χ3v) is 4.46. The molecule has 8 nitrogen and oxygen atoms in total. The van der Waals surface area contributed by atoms with Crippen LogP contribution in [0.4, 0.5) is 21.1 Å². The van der Waals surface area contributed by atoms with Crippen LogP contribution >= 0.6 is 69.6 Å². The van der Waals surface area contributed by atoms with Crippen LogP contribution in [-0.2, 0) is 14.3 Å². The number of alkyl halides is 6. The lowest BCUT2D eigenvalue weighted by Gasteiger charge is -2.24. The molecule has 1 unspecified atom stereocenters. The summed E-state index contributed by atoms with van der Waals surface area (Å²) in [6.07, 6.45) is -0.154. The minimum atomic E-state index is -1.92. The van der Waals surface area contributed by atoms with Crippen LogP contribution in [0.2, 0.25) is 0 Å². The van der Waals surface area contributed by atoms with Crippen LogP contribution < -0.4 is 9.80 Å². The summed E-state index contributed by atoms with van der Waals surface area (Å²) in [5, 5.41) is 0. The smallest absolute Gasteiger partial charge is 0.425 e. The van der Waals surface area contributed by atoms with Gasteiger partial charge in [-0.05, 0) is 19.4 Å². The molecule has 0 saturated carbocycles. The van der Waals surface area contributed by atoms with Gasteiger partial charge in [-0.3, -0.25) is 4.79 Å². The van der Waals surface area contributed by atoms with E-state index >= 15 is 0 Å². The van der Waals surface area contributed by atoms with E-state index in [1.54, 1.807) is 6.07 Å². The summed E-state index contributed by atoms with van der Waals surface area (Å²) in [6.45, 7) is 0.547. The van der Waals surface area contributed by atoms with Gasteiger partial charge in [-0.2, -0.15) is 4.90 Å². The second kappa shape index (κ2) is 10.1. The van der Waals surface area contributed by atoms with Gasteiger partial charge >= 0.3 is 12.2 Å². The van der Waals surface area contributed by atoms with Crippen LogP contribution in [0.25, 0.3) is 0 Å². The fourth-order valence-electron chi connectivity index (χ4n) is 2.58. The Morgan fingerprint density at radius 3 is 2.10 bits per heavy atom. The number of hydrogen-bond donors (Lipinski definition) is 0. The fraction of sp³-hybridized carbons (Fsp3) is 0.500. The number of aromatic nitrogens is 1. The van der Waals surface area contributed by atoms with E-state index in [0.29, 0.717) is 23.4 Å². The van der Waals surface area contributed by atoms with E-state index in [4.69, 9.17) is 79.1 Å². The summed E-state index contributed by atoms with van der Waals surface area (Å²) in [6, 6.07) is 2.82. The average molecular weight is 542 g/mol. The van der Waals surface area contributed by atoms with Gasteiger partial charge in [-0.15, -0.1) is 0 Å².